The van der Waals surface area contributed by atoms with Crippen molar-refractivity contribution in [3.63, 3.8) is 0 Å². The summed E-state index contributed by atoms with van der Waals surface area (Å²) in [7, 11) is -3.57. The number of nitrogens with two attached hydrogens (primary N) is 1. The van der Waals surface area contributed by atoms with Gasteiger partial charge in [0.05, 0.1) is 10.9 Å². The molecule has 8 nitrogen and oxygen atoms in total. The standard InChI is InChI=1S/C16H24N4O4S/c1-11-4-5-14(12(2)10-11)25(23,24)20-8-6-19(7-9-20)13(3)15(21)18-16(17)22/h4-5,10,13H,6-9H2,1-3H3,(H3,17,18,21,22). The Kier molecular flexibility index (Phi) is 5.81. The molecule has 138 valence electrons. The number of benzene rings is 1. The number of primary amides is 1. The largest absolute Gasteiger partial charge is 0.351 e. The third-order valence-corrected chi connectivity index (χ3v) is 6.45. The molecule has 1 atom stereocenters. The van der Waals surface area contributed by atoms with Crippen LogP contribution in [0, 0.1) is 13.8 Å². The van der Waals surface area contributed by atoms with Crippen LogP contribution in [0.15, 0.2) is 23.1 Å². The first-order chi connectivity index (χ1) is 11.6. The van der Waals surface area contributed by atoms with Gasteiger partial charge >= 0.3 is 6.03 Å². The molecule has 25 heavy (non-hydrogen) atoms. The Balaban J connectivity index is 2.06. The number of piperazine rings is 1. The molecule has 2 rings (SSSR count). The second-order valence-electron chi connectivity index (χ2n) is 6.24. The second kappa shape index (κ2) is 7.51. The lowest BCUT2D eigenvalue weighted by Crippen LogP contribution is -2.55. The lowest BCUT2D eigenvalue weighted by Gasteiger charge is -2.36. The van der Waals surface area contributed by atoms with Crippen LogP contribution in [0.2, 0.25) is 0 Å². The summed E-state index contributed by atoms with van der Waals surface area (Å²) in [6.45, 7) is 6.72. The number of urea groups is 1. The van der Waals surface area contributed by atoms with Gasteiger partial charge < -0.3 is 5.73 Å². The Labute approximate surface area is 148 Å². The van der Waals surface area contributed by atoms with Crippen molar-refractivity contribution in [3.05, 3.63) is 29.3 Å². The molecule has 0 aromatic heterocycles. The molecule has 1 aliphatic heterocycles. The Morgan fingerprint density at radius 3 is 2.28 bits per heavy atom. The van der Waals surface area contributed by atoms with Crippen LogP contribution >= 0.6 is 0 Å². The van der Waals surface area contributed by atoms with Gasteiger partial charge in [0, 0.05) is 26.2 Å². The minimum atomic E-state index is -3.57. The van der Waals surface area contributed by atoms with Gasteiger partial charge in [0.25, 0.3) is 0 Å². The molecule has 0 aliphatic carbocycles. The van der Waals surface area contributed by atoms with Crippen molar-refractivity contribution in [2.45, 2.75) is 31.7 Å². The Hall–Kier alpha value is -1.97. The minimum Gasteiger partial charge on any atom is -0.351 e. The van der Waals surface area contributed by atoms with E-state index in [0.29, 0.717) is 18.0 Å². The molecule has 1 saturated heterocycles. The zero-order chi connectivity index (χ0) is 18.8. The van der Waals surface area contributed by atoms with E-state index in [4.69, 9.17) is 5.73 Å². The highest BCUT2D eigenvalue weighted by Gasteiger charge is 2.32. The normalized spacial score (nSPS) is 17.9. The molecule has 0 saturated carbocycles. The SMILES string of the molecule is Cc1ccc(S(=O)(=O)N2CCN(C(C)C(=O)NC(N)=O)CC2)c(C)c1. The van der Waals surface area contributed by atoms with Crippen LogP contribution in [-0.4, -0.2) is 61.8 Å². The number of nitrogens with zero attached hydrogens (tertiary/aromatic N) is 2. The number of sulfonamides is 1. The Bertz CT molecular complexity index is 770. The van der Waals surface area contributed by atoms with Crippen LogP contribution in [0.4, 0.5) is 4.79 Å². The number of carbonyl (C=O) groups excluding carboxylic acids is 2. The number of amides is 3. The summed E-state index contributed by atoms with van der Waals surface area (Å²) in [4.78, 5) is 24.8. The number of rotatable bonds is 4. The van der Waals surface area contributed by atoms with E-state index in [2.05, 4.69) is 0 Å². The van der Waals surface area contributed by atoms with Crippen LogP contribution in [-0.2, 0) is 14.8 Å². The summed E-state index contributed by atoms with van der Waals surface area (Å²) in [5.74, 6) is -0.488. The predicted molar refractivity (Wildman–Crippen MR) is 93.4 cm³/mol. The summed E-state index contributed by atoms with van der Waals surface area (Å²) in [6.07, 6.45) is 0. The van der Waals surface area contributed by atoms with Crippen LogP contribution in [0.1, 0.15) is 18.1 Å². The minimum absolute atomic E-state index is 0.282. The van der Waals surface area contributed by atoms with E-state index in [1.807, 2.05) is 23.2 Å². The average molecular weight is 368 g/mol. The highest BCUT2D eigenvalue weighted by molar-refractivity contribution is 7.89. The monoisotopic (exact) mass is 368 g/mol. The fraction of sp³-hybridized carbons (Fsp3) is 0.500. The summed E-state index contributed by atoms with van der Waals surface area (Å²) >= 11 is 0. The molecule has 0 spiro atoms. The zero-order valence-corrected chi connectivity index (χ0v) is 15.5. The van der Waals surface area contributed by atoms with Crippen LogP contribution in [0.5, 0.6) is 0 Å². The maximum absolute atomic E-state index is 12.8. The first-order valence-electron chi connectivity index (χ1n) is 8.04. The lowest BCUT2D eigenvalue weighted by atomic mass is 10.2. The Morgan fingerprint density at radius 2 is 1.76 bits per heavy atom. The molecule has 1 aliphatic rings. The highest BCUT2D eigenvalue weighted by atomic mass is 32.2. The van der Waals surface area contributed by atoms with E-state index < -0.39 is 28.0 Å². The van der Waals surface area contributed by atoms with E-state index in [0.717, 1.165) is 11.1 Å². The molecule has 9 heteroatoms. The van der Waals surface area contributed by atoms with E-state index in [-0.39, 0.29) is 13.1 Å². The van der Waals surface area contributed by atoms with Gasteiger partial charge in [-0.15, -0.1) is 0 Å². The van der Waals surface area contributed by atoms with Crippen molar-refractivity contribution in [1.29, 1.82) is 0 Å². The van der Waals surface area contributed by atoms with E-state index in [1.165, 1.54) is 4.31 Å². The molecule has 3 N–H and O–H groups in total. The van der Waals surface area contributed by atoms with E-state index >= 15 is 0 Å². The van der Waals surface area contributed by atoms with E-state index in [1.54, 1.807) is 26.0 Å². The summed E-state index contributed by atoms with van der Waals surface area (Å²) in [6, 6.07) is 3.81. The summed E-state index contributed by atoms with van der Waals surface area (Å²) < 4.78 is 27.1. The number of carbonyl (C=O) groups is 2. The summed E-state index contributed by atoms with van der Waals surface area (Å²) in [5.41, 5.74) is 6.68. The lowest BCUT2D eigenvalue weighted by molar-refractivity contribution is -0.125. The predicted octanol–water partition coefficient (Wildman–Crippen LogP) is 0.193. The van der Waals surface area contributed by atoms with Crippen LogP contribution in [0.25, 0.3) is 0 Å². The molecule has 0 bridgehead atoms. The molecule has 3 amide bonds. The maximum Gasteiger partial charge on any atom is 0.318 e. The van der Waals surface area contributed by atoms with Crippen molar-refractivity contribution >= 4 is 22.0 Å². The van der Waals surface area contributed by atoms with Gasteiger partial charge in [-0.1, -0.05) is 17.7 Å². The molecule has 1 aromatic carbocycles. The van der Waals surface area contributed by atoms with Gasteiger partial charge in [0.15, 0.2) is 0 Å². The number of aryl methyl sites for hydroxylation is 2. The molecule has 1 unspecified atom stereocenters. The van der Waals surface area contributed by atoms with E-state index in [9.17, 15) is 18.0 Å². The molecule has 0 radical (unpaired) electrons. The molecular formula is C16H24N4O4S. The van der Waals surface area contributed by atoms with Crippen molar-refractivity contribution < 1.29 is 18.0 Å². The molecule has 1 fully saturated rings. The van der Waals surface area contributed by atoms with Crippen molar-refractivity contribution in [3.8, 4) is 0 Å². The van der Waals surface area contributed by atoms with Crippen molar-refractivity contribution in [2.24, 2.45) is 5.73 Å². The topological polar surface area (TPSA) is 113 Å². The van der Waals surface area contributed by atoms with Crippen molar-refractivity contribution in [2.75, 3.05) is 26.2 Å². The van der Waals surface area contributed by atoms with Crippen LogP contribution < -0.4 is 11.1 Å². The third kappa shape index (κ3) is 4.36. The highest BCUT2D eigenvalue weighted by Crippen LogP contribution is 2.22. The van der Waals surface area contributed by atoms with Crippen molar-refractivity contribution in [1.82, 2.24) is 14.5 Å². The summed E-state index contributed by atoms with van der Waals surface area (Å²) in [5, 5.41) is 2.05. The van der Waals surface area contributed by atoms with Gasteiger partial charge in [-0.25, -0.2) is 13.2 Å². The number of imide groups is 1. The number of hydrogen-bond donors (Lipinski definition) is 2. The van der Waals surface area contributed by atoms with Gasteiger partial charge in [0.1, 0.15) is 0 Å². The fourth-order valence-electron chi connectivity index (χ4n) is 2.95. The first kappa shape index (κ1) is 19.4. The zero-order valence-electron chi connectivity index (χ0n) is 14.7. The molecule has 1 aromatic rings. The third-order valence-electron chi connectivity index (χ3n) is 4.40. The number of nitrogens with one attached hydrogen (secondary N) is 1. The smallest absolute Gasteiger partial charge is 0.318 e. The first-order valence-corrected chi connectivity index (χ1v) is 9.48. The fourth-order valence-corrected chi connectivity index (χ4v) is 4.58. The van der Waals surface area contributed by atoms with Gasteiger partial charge in [-0.05, 0) is 32.4 Å². The Morgan fingerprint density at radius 1 is 1.16 bits per heavy atom. The number of hydrogen-bond acceptors (Lipinski definition) is 5. The molecular weight excluding hydrogens is 344 g/mol. The second-order valence-corrected chi connectivity index (χ2v) is 8.14. The van der Waals surface area contributed by atoms with Gasteiger partial charge in [-0.3, -0.25) is 15.0 Å². The van der Waals surface area contributed by atoms with Gasteiger partial charge in [-0.2, -0.15) is 4.31 Å². The maximum atomic E-state index is 12.8. The van der Waals surface area contributed by atoms with Crippen LogP contribution in [0.3, 0.4) is 0 Å². The quantitative estimate of drug-likeness (QED) is 0.788. The van der Waals surface area contributed by atoms with Gasteiger partial charge in [0.2, 0.25) is 15.9 Å². The average Bonchev–Trinajstić information content (AvgIpc) is 2.53. The molecule has 1 heterocycles.